The van der Waals surface area contributed by atoms with Crippen LogP contribution in [0, 0.1) is 0 Å². The third-order valence-electron chi connectivity index (χ3n) is 2.90. The van der Waals surface area contributed by atoms with Gasteiger partial charge in [0.05, 0.1) is 28.6 Å². The number of benzene rings is 1. The molecule has 1 N–H and O–H groups in total. The highest BCUT2D eigenvalue weighted by atomic mass is 32.2. The fraction of sp³-hybridized carbons (Fsp3) is 0.231. The minimum atomic E-state index is -4.66. The molecule has 0 atom stereocenters. The first kappa shape index (κ1) is 16.2. The van der Waals surface area contributed by atoms with Gasteiger partial charge in [-0.25, -0.2) is 18.4 Å². The first-order valence-electron chi connectivity index (χ1n) is 6.10. The van der Waals surface area contributed by atoms with Gasteiger partial charge in [-0.2, -0.15) is 13.2 Å². The lowest BCUT2D eigenvalue weighted by Crippen LogP contribution is -2.11. The summed E-state index contributed by atoms with van der Waals surface area (Å²) in [6, 6.07) is 2.35. The highest BCUT2D eigenvalue weighted by Crippen LogP contribution is 2.34. The quantitative estimate of drug-likeness (QED) is 0.935. The van der Waals surface area contributed by atoms with Crippen LogP contribution in [0.2, 0.25) is 0 Å². The standard InChI is InChI=1S/C13H11F3N2O3S/c1-2-22(20,21)11-5-8(13(14,15)16)3-4-10(11)12-17-6-9(19)7-18-12/h3-7,19H,2H2,1H3. The predicted octanol–water partition coefficient (Wildman–Crippen LogP) is 2.66. The Balaban J connectivity index is 2.71. The molecule has 0 aliphatic carbocycles. The van der Waals surface area contributed by atoms with Crippen molar-refractivity contribution in [2.45, 2.75) is 18.0 Å². The van der Waals surface area contributed by atoms with Crippen molar-refractivity contribution < 1.29 is 26.7 Å². The summed E-state index contributed by atoms with van der Waals surface area (Å²) in [6.07, 6.45) is -2.60. The third-order valence-corrected chi connectivity index (χ3v) is 4.67. The molecule has 0 bridgehead atoms. The Kier molecular flexibility index (Phi) is 4.10. The van der Waals surface area contributed by atoms with E-state index in [4.69, 9.17) is 5.11 Å². The number of rotatable bonds is 3. The molecular formula is C13H11F3N2O3S. The van der Waals surface area contributed by atoms with E-state index in [0.717, 1.165) is 24.5 Å². The highest BCUT2D eigenvalue weighted by Gasteiger charge is 2.33. The van der Waals surface area contributed by atoms with Crippen LogP contribution in [-0.4, -0.2) is 29.2 Å². The van der Waals surface area contributed by atoms with Gasteiger partial charge in [0, 0.05) is 5.56 Å². The molecule has 0 unspecified atom stereocenters. The highest BCUT2D eigenvalue weighted by molar-refractivity contribution is 7.91. The minimum absolute atomic E-state index is 0.0464. The Labute approximate surface area is 124 Å². The fourth-order valence-corrected chi connectivity index (χ4v) is 2.87. The van der Waals surface area contributed by atoms with E-state index in [1.165, 1.54) is 6.92 Å². The monoisotopic (exact) mass is 332 g/mol. The second kappa shape index (κ2) is 5.56. The fourth-order valence-electron chi connectivity index (χ4n) is 1.76. The third kappa shape index (κ3) is 3.19. The summed E-state index contributed by atoms with van der Waals surface area (Å²) >= 11 is 0. The molecule has 0 radical (unpaired) electrons. The number of aromatic hydroxyl groups is 1. The number of sulfone groups is 1. The van der Waals surface area contributed by atoms with Gasteiger partial charge >= 0.3 is 6.18 Å². The molecule has 1 aromatic carbocycles. The van der Waals surface area contributed by atoms with Crippen LogP contribution >= 0.6 is 0 Å². The van der Waals surface area contributed by atoms with Crippen molar-refractivity contribution in [2.24, 2.45) is 0 Å². The van der Waals surface area contributed by atoms with Crippen molar-refractivity contribution >= 4 is 9.84 Å². The van der Waals surface area contributed by atoms with Crippen LogP contribution in [0.3, 0.4) is 0 Å². The number of halogens is 3. The van der Waals surface area contributed by atoms with Gasteiger partial charge in [0.25, 0.3) is 0 Å². The Hall–Kier alpha value is -2.16. The van der Waals surface area contributed by atoms with Crippen LogP contribution in [0.5, 0.6) is 5.75 Å². The summed E-state index contributed by atoms with van der Waals surface area (Å²) < 4.78 is 62.5. The molecule has 0 saturated carbocycles. The molecule has 22 heavy (non-hydrogen) atoms. The van der Waals surface area contributed by atoms with Crippen LogP contribution < -0.4 is 0 Å². The largest absolute Gasteiger partial charge is 0.505 e. The molecule has 2 aromatic rings. The Morgan fingerprint density at radius 3 is 2.27 bits per heavy atom. The van der Waals surface area contributed by atoms with E-state index in [0.29, 0.717) is 6.07 Å². The van der Waals surface area contributed by atoms with Gasteiger partial charge in [-0.3, -0.25) is 0 Å². The topological polar surface area (TPSA) is 80.2 Å². The molecule has 9 heteroatoms. The maximum absolute atomic E-state index is 12.8. The first-order valence-corrected chi connectivity index (χ1v) is 7.76. The van der Waals surface area contributed by atoms with Crippen molar-refractivity contribution in [3.8, 4) is 17.1 Å². The molecular weight excluding hydrogens is 321 g/mol. The van der Waals surface area contributed by atoms with Crippen LogP contribution in [0.4, 0.5) is 13.2 Å². The van der Waals surface area contributed by atoms with Gasteiger partial charge in [0.2, 0.25) is 0 Å². The van der Waals surface area contributed by atoms with Crippen molar-refractivity contribution in [3.63, 3.8) is 0 Å². The minimum Gasteiger partial charge on any atom is -0.505 e. The Bertz CT molecular complexity index is 787. The van der Waals surface area contributed by atoms with E-state index in [1.54, 1.807) is 0 Å². The molecule has 118 valence electrons. The summed E-state index contributed by atoms with van der Waals surface area (Å²) in [5.74, 6) is -0.687. The maximum atomic E-state index is 12.8. The van der Waals surface area contributed by atoms with Crippen molar-refractivity contribution in [1.82, 2.24) is 9.97 Å². The van der Waals surface area contributed by atoms with Crippen molar-refractivity contribution in [2.75, 3.05) is 5.75 Å². The molecule has 1 heterocycles. The lowest BCUT2D eigenvalue weighted by molar-refractivity contribution is -0.137. The summed E-state index contributed by atoms with van der Waals surface area (Å²) in [6.45, 7) is 1.33. The number of aromatic nitrogens is 2. The Morgan fingerprint density at radius 2 is 1.77 bits per heavy atom. The number of hydrogen-bond donors (Lipinski definition) is 1. The summed E-state index contributed by atoms with van der Waals surface area (Å²) in [5, 5.41) is 9.14. The maximum Gasteiger partial charge on any atom is 0.416 e. The van der Waals surface area contributed by atoms with E-state index >= 15 is 0 Å². The number of alkyl halides is 3. The average Bonchev–Trinajstić information content (AvgIpc) is 2.46. The zero-order valence-electron chi connectivity index (χ0n) is 11.3. The van der Waals surface area contributed by atoms with Gasteiger partial charge in [0.1, 0.15) is 0 Å². The van der Waals surface area contributed by atoms with Gasteiger partial charge in [0.15, 0.2) is 21.4 Å². The average molecular weight is 332 g/mol. The summed E-state index contributed by atoms with van der Waals surface area (Å²) in [5.41, 5.74) is -1.11. The second-order valence-electron chi connectivity index (χ2n) is 4.38. The molecule has 2 rings (SSSR count). The van der Waals surface area contributed by atoms with Crippen LogP contribution in [0.1, 0.15) is 12.5 Å². The van der Waals surface area contributed by atoms with Gasteiger partial charge in [-0.1, -0.05) is 6.92 Å². The normalized spacial score (nSPS) is 12.4. The van der Waals surface area contributed by atoms with Crippen molar-refractivity contribution in [3.05, 3.63) is 36.2 Å². The van der Waals surface area contributed by atoms with Crippen molar-refractivity contribution in [1.29, 1.82) is 0 Å². The molecule has 0 aliphatic rings. The zero-order chi connectivity index (χ0) is 16.5. The first-order chi connectivity index (χ1) is 10.1. The van der Waals surface area contributed by atoms with Crippen LogP contribution in [-0.2, 0) is 16.0 Å². The molecule has 0 amide bonds. The van der Waals surface area contributed by atoms with E-state index < -0.39 is 26.5 Å². The Morgan fingerprint density at radius 1 is 1.18 bits per heavy atom. The predicted molar refractivity (Wildman–Crippen MR) is 71.9 cm³/mol. The smallest absolute Gasteiger partial charge is 0.416 e. The van der Waals surface area contributed by atoms with E-state index in [9.17, 15) is 21.6 Å². The SMILES string of the molecule is CCS(=O)(=O)c1cc(C(F)(F)F)ccc1-c1ncc(O)cn1. The summed E-state index contributed by atoms with van der Waals surface area (Å²) in [4.78, 5) is 6.99. The van der Waals surface area contributed by atoms with Gasteiger partial charge < -0.3 is 5.11 Å². The second-order valence-corrected chi connectivity index (χ2v) is 6.62. The van der Waals surface area contributed by atoms with Gasteiger partial charge in [-0.15, -0.1) is 0 Å². The van der Waals surface area contributed by atoms with Crippen LogP contribution in [0.15, 0.2) is 35.5 Å². The number of hydrogen-bond acceptors (Lipinski definition) is 5. The van der Waals surface area contributed by atoms with E-state index in [-0.39, 0.29) is 22.9 Å². The van der Waals surface area contributed by atoms with Crippen LogP contribution in [0.25, 0.3) is 11.4 Å². The molecule has 0 fully saturated rings. The lowest BCUT2D eigenvalue weighted by atomic mass is 10.1. The molecule has 0 aliphatic heterocycles. The lowest BCUT2D eigenvalue weighted by Gasteiger charge is -2.12. The zero-order valence-corrected chi connectivity index (χ0v) is 12.1. The van der Waals surface area contributed by atoms with E-state index in [1.807, 2.05) is 0 Å². The summed E-state index contributed by atoms with van der Waals surface area (Å²) in [7, 11) is -3.91. The molecule has 5 nitrogen and oxygen atoms in total. The number of nitrogens with zero attached hydrogens (tertiary/aromatic N) is 2. The van der Waals surface area contributed by atoms with Gasteiger partial charge in [-0.05, 0) is 18.2 Å². The molecule has 1 aromatic heterocycles. The molecule has 0 saturated heterocycles. The molecule has 0 spiro atoms. The van der Waals surface area contributed by atoms with E-state index in [2.05, 4.69) is 9.97 Å².